The normalized spacial score (nSPS) is 10.7. The number of nitrogens with zero attached hydrogens (tertiary/aromatic N) is 3. The van der Waals surface area contributed by atoms with Crippen molar-refractivity contribution in [3.05, 3.63) is 59.7 Å². The fourth-order valence-electron chi connectivity index (χ4n) is 2.40. The molecular formula is C16H13FN4. The molecule has 0 bridgehead atoms. The Morgan fingerprint density at radius 1 is 1.24 bits per heavy atom. The number of benzene rings is 2. The zero-order valence-electron chi connectivity index (χ0n) is 11.3. The van der Waals surface area contributed by atoms with E-state index in [2.05, 4.69) is 11.1 Å². The van der Waals surface area contributed by atoms with Gasteiger partial charge < -0.3 is 5.73 Å². The fourth-order valence-corrected chi connectivity index (χ4v) is 2.40. The molecule has 3 aromatic rings. The Bertz CT molecular complexity index is 845. The number of hydrogen-bond acceptors (Lipinski definition) is 3. The van der Waals surface area contributed by atoms with Crippen LogP contribution >= 0.6 is 0 Å². The van der Waals surface area contributed by atoms with Crippen molar-refractivity contribution in [1.29, 1.82) is 5.26 Å². The van der Waals surface area contributed by atoms with Gasteiger partial charge in [0.05, 0.1) is 22.7 Å². The van der Waals surface area contributed by atoms with E-state index in [1.165, 1.54) is 12.1 Å². The van der Waals surface area contributed by atoms with Gasteiger partial charge >= 0.3 is 0 Å². The molecule has 0 aliphatic heterocycles. The Kier molecular flexibility index (Phi) is 3.38. The first-order valence-electron chi connectivity index (χ1n) is 6.60. The van der Waals surface area contributed by atoms with Crippen LogP contribution in [0.5, 0.6) is 0 Å². The van der Waals surface area contributed by atoms with E-state index in [9.17, 15) is 4.39 Å². The molecule has 5 heteroatoms. The van der Waals surface area contributed by atoms with Gasteiger partial charge in [-0.3, -0.25) is 4.57 Å². The zero-order valence-corrected chi connectivity index (χ0v) is 11.3. The average molecular weight is 280 g/mol. The van der Waals surface area contributed by atoms with E-state index in [0.29, 0.717) is 29.6 Å². The summed E-state index contributed by atoms with van der Waals surface area (Å²) in [5.41, 5.74) is 8.35. The third-order valence-electron chi connectivity index (χ3n) is 3.29. The van der Waals surface area contributed by atoms with Gasteiger partial charge in [-0.2, -0.15) is 5.26 Å². The first kappa shape index (κ1) is 13.3. The molecule has 104 valence electrons. The van der Waals surface area contributed by atoms with Gasteiger partial charge in [0, 0.05) is 18.2 Å². The Hall–Kier alpha value is -2.71. The summed E-state index contributed by atoms with van der Waals surface area (Å²) in [6, 6.07) is 13.7. The molecular weight excluding hydrogens is 267 g/mol. The van der Waals surface area contributed by atoms with Crippen molar-refractivity contribution < 1.29 is 4.39 Å². The van der Waals surface area contributed by atoms with E-state index in [1.807, 2.05) is 10.6 Å². The van der Waals surface area contributed by atoms with Crippen LogP contribution in [0.3, 0.4) is 0 Å². The van der Waals surface area contributed by atoms with Gasteiger partial charge in [0.2, 0.25) is 0 Å². The van der Waals surface area contributed by atoms with Crippen molar-refractivity contribution in [3.63, 3.8) is 0 Å². The van der Waals surface area contributed by atoms with Crippen molar-refractivity contribution in [2.24, 2.45) is 5.73 Å². The number of halogens is 1. The summed E-state index contributed by atoms with van der Waals surface area (Å²) in [7, 11) is 0. The Balaban J connectivity index is 2.30. The van der Waals surface area contributed by atoms with Crippen LogP contribution in [0.1, 0.15) is 11.4 Å². The number of imidazole rings is 1. The molecule has 0 saturated heterocycles. The topological polar surface area (TPSA) is 67.6 Å². The van der Waals surface area contributed by atoms with Crippen LogP contribution in [0, 0.1) is 17.1 Å². The van der Waals surface area contributed by atoms with Crippen LogP contribution in [0.15, 0.2) is 42.5 Å². The van der Waals surface area contributed by atoms with Crippen LogP contribution in [0.25, 0.3) is 16.7 Å². The van der Waals surface area contributed by atoms with Crippen LogP contribution in [-0.4, -0.2) is 16.1 Å². The first-order valence-corrected chi connectivity index (χ1v) is 6.60. The summed E-state index contributed by atoms with van der Waals surface area (Å²) in [5, 5.41) is 9.03. The maximum Gasteiger partial charge on any atom is 0.125 e. The van der Waals surface area contributed by atoms with Crippen molar-refractivity contribution in [3.8, 4) is 11.8 Å². The molecule has 0 radical (unpaired) electrons. The van der Waals surface area contributed by atoms with Gasteiger partial charge in [-0.25, -0.2) is 9.37 Å². The molecule has 0 aliphatic carbocycles. The number of nitrogens with two attached hydrogens (primary N) is 1. The van der Waals surface area contributed by atoms with Crippen LogP contribution in [0.4, 0.5) is 4.39 Å². The second-order valence-corrected chi connectivity index (χ2v) is 4.70. The number of fused-ring (bicyclic) bond motifs is 1. The second-order valence-electron chi connectivity index (χ2n) is 4.70. The van der Waals surface area contributed by atoms with Gasteiger partial charge in [0.15, 0.2) is 0 Å². The first-order chi connectivity index (χ1) is 10.2. The van der Waals surface area contributed by atoms with Gasteiger partial charge in [-0.05, 0) is 36.9 Å². The highest BCUT2D eigenvalue weighted by molar-refractivity contribution is 5.78. The molecule has 0 atom stereocenters. The van der Waals surface area contributed by atoms with Crippen LogP contribution in [-0.2, 0) is 6.42 Å². The largest absolute Gasteiger partial charge is 0.330 e. The lowest BCUT2D eigenvalue weighted by Gasteiger charge is -2.09. The van der Waals surface area contributed by atoms with Gasteiger partial charge in [-0.15, -0.1) is 0 Å². The molecule has 1 heterocycles. The van der Waals surface area contributed by atoms with E-state index in [1.54, 1.807) is 24.3 Å². The SMILES string of the molecule is N#Cc1cccc(-n2c(CCN)nc3ccc(F)cc32)c1. The van der Waals surface area contributed by atoms with E-state index in [4.69, 9.17) is 11.0 Å². The highest BCUT2D eigenvalue weighted by Gasteiger charge is 2.13. The summed E-state index contributed by atoms with van der Waals surface area (Å²) >= 11 is 0. The molecule has 0 saturated carbocycles. The quantitative estimate of drug-likeness (QED) is 0.801. The molecule has 2 N–H and O–H groups in total. The van der Waals surface area contributed by atoms with E-state index in [0.717, 1.165) is 11.5 Å². The van der Waals surface area contributed by atoms with Crippen LogP contribution in [0.2, 0.25) is 0 Å². The summed E-state index contributed by atoms with van der Waals surface area (Å²) in [6.07, 6.45) is 0.576. The molecule has 0 spiro atoms. The lowest BCUT2D eigenvalue weighted by Crippen LogP contribution is -2.09. The maximum atomic E-state index is 13.6. The Morgan fingerprint density at radius 3 is 2.86 bits per heavy atom. The predicted molar refractivity (Wildman–Crippen MR) is 78.5 cm³/mol. The van der Waals surface area contributed by atoms with E-state index in [-0.39, 0.29) is 5.82 Å². The minimum Gasteiger partial charge on any atom is -0.330 e. The second kappa shape index (κ2) is 5.35. The van der Waals surface area contributed by atoms with Gasteiger partial charge in [0.1, 0.15) is 11.6 Å². The summed E-state index contributed by atoms with van der Waals surface area (Å²) in [6.45, 7) is 0.448. The van der Waals surface area contributed by atoms with E-state index >= 15 is 0 Å². The third kappa shape index (κ3) is 2.37. The van der Waals surface area contributed by atoms with Gasteiger partial charge in [-0.1, -0.05) is 6.07 Å². The molecule has 0 unspecified atom stereocenters. The average Bonchev–Trinajstić information content (AvgIpc) is 2.85. The number of aromatic nitrogens is 2. The number of nitriles is 1. The minimum absolute atomic E-state index is 0.320. The van der Waals surface area contributed by atoms with E-state index < -0.39 is 0 Å². The summed E-state index contributed by atoms with van der Waals surface area (Å²) < 4.78 is 15.4. The smallest absolute Gasteiger partial charge is 0.125 e. The number of rotatable bonds is 3. The molecule has 2 aromatic carbocycles. The Labute approximate surface area is 121 Å². The third-order valence-corrected chi connectivity index (χ3v) is 3.29. The lowest BCUT2D eigenvalue weighted by molar-refractivity contribution is 0.629. The zero-order chi connectivity index (χ0) is 14.8. The summed E-state index contributed by atoms with van der Waals surface area (Å²) in [5.74, 6) is 0.438. The molecule has 4 nitrogen and oxygen atoms in total. The minimum atomic E-state index is -0.320. The fraction of sp³-hybridized carbons (Fsp3) is 0.125. The lowest BCUT2D eigenvalue weighted by atomic mass is 10.2. The number of hydrogen-bond donors (Lipinski definition) is 1. The highest BCUT2D eigenvalue weighted by Crippen LogP contribution is 2.23. The monoisotopic (exact) mass is 280 g/mol. The molecule has 0 amide bonds. The Morgan fingerprint density at radius 2 is 2.10 bits per heavy atom. The summed E-state index contributed by atoms with van der Waals surface area (Å²) in [4.78, 5) is 4.51. The standard InChI is InChI=1S/C16H13FN4/c17-12-4-5-14-15(9-12)21(16(20-14)6-7-18)13-3-1-2-11(8-13)10-19/h1-5,8-9H,6-7,18H2. The molecule has 21 heavy (non-hydrogen) atoms. The van der Waals surface area contributed by atoms with Gasteiger partial charge in [0.25, 0.3) is 0 Å². The maximum absolute atomic E-state index is 13.6. The molecule has 1 aromatic heterocycles. The van der Waals surface area contributed by atoms with Crippen molar-refractivity contribution >= 4 is 11.0 Å². The molecule has 0 fully saturated rings. The molecule has 0 aliphatic rings. The molecule has 3 rings (SSSR count). The van der Waals surface area contributed by atoms with Crippen molar-refractivity contribution in [1.82, 2.24) is 9.55 Å². The van der Waals surface area contributed by atoms with Crippen molar-refractivity contribution in [2.75, 3.05) is 6.54 Å². The van der Waals surface area contributed by atoms with Crippen LogP contribution < -0.4 is 5.73 Å². The van der Waals surface area contributed by atoms with Crippen molar-refractivity contribution in [2.45, 2.75) is 6.42 Å². The predicted octanol–water partition coefficient (Wildman–Crippen LogP) is 2.54. The highest BCUT2D eigenvalue weighted by atomic mass is 19.1.